The Morgan fingerprint density at radius 2 is 1.43 bits per heavy atom. The van der Waals surface area contributed by atoms with Crippen molar-refractivity contribution < 1.29 is 8.78 Å². The molecule has 0 N–H and O–H groups in total. The zero-order valence-corrected chi connectivity index (χ0v) is 10.0. The van der Waals surface area contributed by atoms with Gasteiger partial charge < -0.3 is 0 Å². The van der Waals surface area contributed by atoms with Gasteiger partial charge in [-0.15, -0.1) is 0 Å². The maximum absolute atomic E-state index is 12.5. The lowest BCUT2D eigenvalue weighted by Gasteiger charge is -1.97. The highest BCUT2D eigenvalue weighted by Crippen LogP contribution is 2.19. The number of benzene rings is 1. The van der Waals surface area contributed by atoms with Gasteiger partial charge in [-0.3, -0.25) is 0 Å². The van der Waals surface area contributed by atoms with Crippen LogP contribution in [0.5, 0.6) is 0 Å². The van der Waals surface area contributed by atoms with Gasteiger partial charge in [-0.2, -0.15) is 0 Å². The predicted molar refractivity (Wildman–Crippen MR) is 58.8 cm³/mol. The number of hydrogen-bond donors (Lipinski definition) is 0. The summed E-state index contributed by atoms with van der Waals surface area (Å²) in [5.41, 5.74) is 0.281. The summed E-state index contributed by atoms with van der Waals surface area (Å²) in [5.74, 6) is -1.25. The largest absolute Gasteiger partial charge is 0.207 e. The smallest absolute Gasteiger partial charge is 0.130 e. The predicted octanol–water partition coefficient (Wildman–Crippen LogP) is 4.98. The van der Waals surface area contributed by atoms with E-state index < -0.39 is 11.6 Å². The molecule has 0 nitrogen and oxygen atoms in total. The van der Waals surface area contributed by atoms with Crippen molar-refractivity contribution in [1.82, 2.24) is 0 Å². The van der Waals surface area contributed by atoms with Crippen LogP contribution in [0, 0.1) is 18.6 Å². The van der Waals surface area contributed by atoms with E-state index in [0.29, 0.717) is 0 Å². The molecule has 14 heavy (non-hydrogen) atoms. The topological polar surface area (TPSA) is 0 Å². The van der Waals surface area contributed by atoms with Crippen molar-refractivity contribution >= 4 is 11.6 Å². The summed E-state index contributed by atoms with van der Waals surface area (Å²) < 4.78 is 24.8. The Bertz CT molecular complexity index is 236. The summed E-state index contributed by atoms with van der Waals surface area (Å²) >= 11 is 5.44. The quantitative estimate of drug-likeness (QED) is 0.581. The molecule has 0 aliphatic rings. The van der Waals surface area contributed by atoms with Gasteiger partial charge in [0.2, 0.25) is 0 Å². The SMILES string of the molecule is CC.CC.Cc1c(F)cc(F)cc1Cl. The van der Waals surface area contributed by atoms with Gasteiger partial charge in [-0.05, 0) is 13.0 Å². The Morgan fingerprint density at radius 3 is 1.79 bits per heavy atom. The van der Waals surface area contributed by atoms with E-state index in [4.69, 9.17) is 11.6 Å². The second-order valence-electron chi connectivity index (χ2n) is 1.99. The van der Waals surface area contributed by atoms with E-state index in [1.807, 2.05) is 27.7 Å². The third kappa shape index (κ3) is 5.18. The summed E-state index contributed by atoms with van der Waals surface area (Å²) in [4.78, 5) is 0. The van der Waals surface area contributed by atoms with Crippen LogP contribution in [0.15, 0.2) is 12.1 Å². The molecule has 0 aliphatic heterocycles. The zero-order valence-electron chi connectivity index (χ0n) is 9.29. The molecule has 0 aromatic heterocycles. The molecule has 0 atom stereocenters. The van der Waals surface area contributed by atoms with Crippen LogP contribution in [0.2, 0.25) is 5.02 Å². The second kappa shape index (κ2) is 8.95. The van der Waals surface area contributed by atoms with Crippen LogP contribution in [0.25, 0.3) is 0 Å². The van der Waals surface area contributed by atoms with Crippen LogP contribution in [-0.2, 0) is 0 Å². The van der Waals surface area contributed by atoms with Gasteiger partial charge in [0.05, 0.1) is 0 Å². The van der Waals surface area contributed by atoms with Gasteiger partial charge in [-0.1, -0.05) is 39.3 Å². The first-order valence-electron chi connectivity index (χ1n) is 4.72. The van der Waals surface area contributed by atoms with E-state index in [1.165, 1.54) is 6.92 Å². The van der Waals surface area contributed by atoms with Crippen molar-refractivity contribution in [3.63, 3.8) is 0 Å². The highest BCUT2D eigenvalue weighted by molar-refractivity contribution is 6.31. The third-order valence-electron chi connectivity index (χ3n) is 1.25. The van der Waals surface area contributed by atoms with Gasteiger partial charge >= 0.3 is 0 Å². The number of halogens is 3. The molecular weight excluding hydrogens is 206 g/mol. The average Bonchev–Trinajstić information content (AvgIpc) is 2.20. The molecule has 0 unspecified atom stereocenters. The fraction of sp³-hybridized carbons (Fsp3) is 0.455. The van der Waals surface area contributed by atoms with E-state index in [9.17, 15) is 8.78 Å². The van der Waals surface area contributed by atoms with Crippen molar-refractivity contribution in [2.24, 2.45) is 0 Å². The average molecular weight is 223 g/mol. The van der Waals surface area contributed by atoms with E-state index in [0.717, 1.165) is 12.1 Å². The highest BCUT2D eigenvalue weighted by atomic mass is 35.5. The Hall–Kier alpha value is -0.630. The normalized spacial score (nSPS) is 8.00. The summed E-state index contributed by atoms with van der Waals surface area (Å²) in [7, 11) is 0. The molecule has 0 amide bonds. The minimum atomic E-state index is -0.645. The first-order chi connectivity index (χ1) is 6.61. The number of rotatable bonds is 0. The van der Waals surface area contributed by atoms with Crippen LogP contribution >= 0.6 is 11.6 Å². The molecular formula is C11H17ClF2. The van der Waals surface area contributed by atoms with E-state index >= 15 is 0 Å². The monoisotopic (exact) mass is 222 g/mol. The van der Waals surface area contributed by atoms with Crippen LogP contribution in [0.3, 0.4) is 0 Å². The minimum absolute atomic E-state index is 0.123. The molecule has 0 fully saturated rings. The van der Waals surface area contributed by atoms with Gasteiger partial charge in [-0.25, -0.2) is 8.78 Å². The maximum atomic E-state index is 12.5. The van der Waals surface area contributed by atoms with Crippen LogP contribution in [0.4, 0.5) is 8.78 Å². The van der Waals surface area contributed by atoms with Gasteiger partial charge in [0.25, 0.3) is 0 Å². The van der Waals surface area contributed by atoms with Crippen molar-refractivity contribution in [1.29, 1.82) is 0 Å². The Balaban J connectivity index is 0. The summed E-state index contributed by atoms with van der Waals surface area (Å²) in [6, 6.07) is 1.89. The van der Waals surface area contributed by atoms with Crippen molar-refractivity contribution in [2.45, 2.75) is 34.6 Å². The minimum Gasteiger partial charge on any atom is -0.207 e. The molecule has 1 rings (SSSR count). The molecule has 82 valence electrons. The molecule has 0 saturated carbocycles. The van der Waals surface area contributed by atoms with Crippen LogP contribution in [0.1, 0.15) is 33.3 Å². The lowest BCUT2D eigenvalue weighted by Crippen LogP contribution is -1.85. The van der Waals surface area contributed by atoms with Gasteiger partial charge in [0, 0.05) is 16.7 Å². The lowest BCUT2D eigenvalue weighted by atomic mass is 10.2. The van der Waals surface area contributed by atoms with Gasteiger partial charge in [0.1, 0.15) is 11.6 Å². The fourth-order valence-electron chi connectivity index (χ4n) is 0.614. The Morgan fingerprint density at radius 1 is 1.00 bits per heavy atom. The molecule has 0 radical (unpaired) electrons. The Kier molecular flexibility index (Phi) is 10.1. The van der Waals surface area contributed by atoms with Gasteiger partial charge in [0.15, 0.2) is 0 Å². The lowest BCUT2D eigenvalue weighted by molar-refractivity contribution is 0.577. The summed E-state index contributed by atoms with van der Waals surface area (Å²) in [6.07, 6.45) is 0. The van der Waals surface area contributed by atoms with E-state index in [-0.39, 0.29) is 10.6 Å². The van der Waals surface area contributed by atoms with Crippen molar-refractivity contribution in [3.05, 3.63) is 34.4 Å². The zero-order chi connectivity index (χ0) is 11.7. The molecule has 0 heterocycles. The highest BCUT2D eigenvalue weighted by Gasteiger charge is 2.03. The molecule has 1 aromatic rings. The molecule has 0 saturated heterocycles. The molecule has 0 aliphatic carbocycles. The molecule has 3 heteroatoms. The van der Waals surface area contributed by atoms with Crippen molar-refractivity contribution in [2.75, 3.05) is 0 Å². The Labute approximate surface area is 89.9 Å². The number of hydrogen-bond acceptors (Lipinski definition) is 0. The summed E-state index contributed by atoms with van der Waals surface area (Å²) in [6.45, 7) is 9.50. The van der Waals surface area contributed by atoms with E-state index in [2.05, 4.69) is 0 Å². The first kappa shape index (κ1) is 15.8. The first-order valence-corrected chi connectivity index (χ1v) is 5.10. The standard InChI is InChI=1S/C7H5ClF2.2C2H6/c1-4-6(8)2-5(9)3-7(4)10;2*1-2/h2-3H,1H3;2*1-2H3. The molecule has 0 bridgehead atoms. The van der Waals surface area contributed by atoms with Crippen LogP contribution < -0.4 is 0 Å². The molecule has 0 spiro atoms. The van der Waals surface area contributed by atoms with E-state index in [1.54, 1.807) is 0 Å². The summed E-state index contributed by atoms with van der Waals surface area (Å²) in [5, 5.41) is 0.123. The maximum Gasteiger partial charge on any atom is 0.130 e. The second-order valence-corrected chi connectivity index (χ2v) is 2.40. The molecule has 1 aromatic carbocycles. The fourth-order valence-corrected chi connectivity index (χ4v) is 0.809. The third-order valence-corrected chi connectivity index (χ3v) is 1.64. The van der Waals surface area contributed by atoms with Crippen molar-refractivity contribution in [3.8, 4) is 0 Å². The van der Waals surface area contributed by atoms with Crippen LogP contribution in [-0.4, -0.2) is 0 Å².